The van der Waals surface area contributed by atoms with Crippen molar-refractivity contribution in [3.8, 4) is 0 Å². The van der Waals surface area contributed by atoms with Crippen molar-refractivity contribution < 1.29 is 4.79 Å². The number of rotatable bonds is 2. The van der Waals surface area contributed by atoms with Gasteiger partial charge in [-0.3, -0.25) is 4.90 Å². The third-order valence-corrected chi connectivity index (χ3v) is 2.96. The molecular weight excluding hydrogens is 188 g/mol. The van der Waals surface area contributed by atoms with E-state index in [-0.39, 0.29) is 0 Å². The Kier molecular flexibility index (Phi) is 3.02. The molecule has 1 aliphatic rings. The van der Waals surface area contributed by atoms with Crippen molar-refractivity contribution in [3.05, 3.63) is 29.3 Å². The predicted molar refractivity (Wildman–Crippen MR) is 60.8 cm³/mol. The molecule has 3 heteroatoms. The van der Waals surface area contributed by atoms with Gasteiger partial charge >= 0.3 is 0 Å². The summed E-state index contributed by atoms with van der Waals surface area (Å²) < 4.78 is 0. The number of fused-ring (bicyclic) bond motifs is 1. The highest BCUT2D eigenvalue weighted by Crippen LogP contribution is 2.18. The highest BCUT2D eigenvalue weighted by Gasteiger charge is 2.13. The zero-order valence-electron chi connectivity index (χ0n) is 8.78. The summed E-state index contributed by atoms with van der Waals surface area (Å²) in [5.74, 6) is 0. The molecule has 0 amide bonds. The molecule has 3 nitrogen and oxygen atoms in total. The lowest BCUT2D eigenvalue weighted by atomic mass is 10.0. The third kappa shape index (κ3) is 2.36. The molecule has 0 fully saturated rings. The molecule has 0 atom stereocenters. The van der Waals surface area contributed by atoms with Gasteiger partial charge < -0.3 is 10.5 Å². The second-order valence-electron chi connectivity index (χ2n) is 4.00. The Labute approximate surface area is 89.9 Å². The molecule has 80 valence electrons. The molecule has 0 aliphatic carbocycles. The summed E-state index contributed by atoms with van der Waals surface area (Å²) in [6, 6.07) is 6.11. The van der Waals surface area contributed by atoms with Gasteiger partial charge in [-0.2, -0.15) is 0 Å². The number of benzene rings is 1. The van der Waals surface area contributed by atoms with E-state index in [1.807, 2.05) is 6.07 Å². The summed E-state index contributed by atoms with van der Waals surface area (Å²) in [6.07, 6.45) is 2.99. The van der Waals surface area contributed by atoms with E-state index < -0.39 is 0 Å². The number of nitrogen functional groups attached to an aromatic ring is 1. The lowest BCUT2D eigenvalue weighted by molar-refractivity contribution is -0.108. The van der Waals surface area contributed by atoms with Crippen LogP contribution >= 0.6 is 0 Å². The summed E-state index contributed by atoms with van der Waals surface area (Å²) in [7, 11) is 0. The topological polar surface area (TPSA) is 46.3 Å². The van der Waals surface area contributed by atoms with E-state index >= 15 is 0 Å². The van der Waals surface area contributed by atoms with E-state index in [0.717, 1.165) is 37.9 Å². The summed E-state index contributed by atoms with van der Waals surface area (Å²) in [5, 5.41) is 0. The first kappa shape index (κ1) is 10.2. The van der Waals surface area contributed by atoms with Crippen LogP contribution in [0.3, 0.4) is 0 Å². The Hall–Kier alpha value is -1.35. The summed E-state index contributed by atoms with van der Waals surface area (Å²) >= 11 is 0. The fourth-order valence-corrected chi connectivity index (χ4v) is 2.08. The zero-order valence-corrected chi connectivity index (χ0v) is 8.78. The SMILES string of the molecule is Nc1ccc2c(c1)CCN(CC=O)CC2. The van der Waals surface area contributed by atoms with Gasteiger partial charge in [0, 0.05) is 18.8 Å². The summed E-state index contributed by atoms with van der Waals surface area (Å²) in [5.41, 5.74) is 9.30. The number of hydrogen-bond donors (Lipinski definition) is 1. The number of nitrogens with two attached hydrogens (primary N) is 1. The molecule has 1 aromatic rings. The van der Waals surface area contributed by atoms with E-state index in [0.29, 0.717) is 6.54 Å². The number of aldehydes is 1. The van der Waals surface area contributed by atoms with Gasteiger partial charge in [-0.1, -0.05) is 6.07 Å². The fourth-order valence-electron chi connectivity index (χ4n) is 2.08. The molecule has 1 heterocycles. The van der Waals surface area contributed by atoms with Crippen LogP contribution in [0.25, 0.3) is 0 Å². The zero-order chi connectivity index (χ0) is 10.7. The standard InChI is InChI=1S/C12H16N2O/c13-12-2-1-10-3-5-14(7-8-15)6-4-11(10)9-12/h1-2,8-9H,3-7,13H2. The maximum absolute atomic E-state index is 10.5. The van der Waals surface area contributed by atoms with Crippen molar-refractivity contribution >= 4 is 12.0 Å². The van der Waals surface area contributed by atoms with E-state index in [2.05, 4.69) is 17.0 Å². The molecule has 0 saturated heterocycles. The first-order chi connectivity index (χ1) is 7.29. The molecule has 2 rings (SSSR count). The van der Waals surface area contributed by atoms with Crippen LogP contribution in [0.5, 0.6) is 0 Å². The molecule has 1 aliphatic heterocycles. The van der Waals surface area contributed by atoms with Crippen molar-refractivity contribution in [1.82, 2.24) is 4.90 Å². The lowest BCUT2D eigenvalue weighted by Crippen LogP contribution is -2.28. The maximum atomic E-state index is 10.5. The van der Waals surface area contributed by atoms with Gasteiger partial charge in [0.1, 0.15) is 6.29 Å². The smallest absolute Gasteiger partial charge is 0.133 e. The normalized spacial score (nSPS) is 16.8. The van der Waals surface area contributed by atoms with Gasteiger partial charge in [-0.25, -0.2) is 0 Å². The third-order valence-electron chi connectivity index (χ3n) is 2.96. The largest absolute Gasteiger partial charge is 0.399 e. The number of carbonyl (C=O) groups excluding carboxylic acids is 1. The highest BCUT2D eigenvalue weighted by molar-refractivity contribution is 5.52. The van der Waals surface area contributed by atoms with E-state index in [4.69, 9.17) is 5.73 Å². The van der Waals surface area contributed by atoms with Crippen molar-refractivity contribution in [2.75, 3.05) is 25.4 Å². The minimum absolute atomic E-state index is 0.545. The minimum atomic E-state index is 0.545. The highest BCUT2D eigenvalue weighted by atomic mass is 16.1. The molecule has 0 aromatic heterocycles. The maximum Gasteiger partial charge on any atom is 0.133 e. The van der Waals surface area contributed by atoms with Gasteiger partial charge in [0.05, 0.1) is 6.54 Å². The molecule has 2 N–H and O–H groups in total. The fraction of sp³-hybridized carbons (Fsp3) is 0.417. The summed E-state index contributed by atoms with van der Waals surface area (Å²) in [6.45, 7) is 2.47. The van der Waals surface area contributed by atoms with Crippen LogP contribution in [0.1, 0.15) is 11.1 Å². The van der Waals surface area contributed by atoms with Gasteiger partial charge in [0.15, 0.2) is 0 Å². The Bertz CT molecular complexity index is 363. The van der Waals surface area contributed by atoms with Crippen molar-refractivity contribution in [2.45, 2.75) is 12.8 Å². The Morgan fingerprint density at radius 2 is 2.00 bits per heavy atom. The second-order valence-corrected chi connectivity index (χ2v) is 4.00. The number of carbonyl (C=O) groups is 1. The quantitative estimate of drug-likeness (QED) is 0.574. The average Bonchev–Trinajstić information content (AvgIpc) is 2.42. The van der Waals surface area contributed by atoms with Crippen LogP contribution in [0.2, 0.25) is 0 Å². The van der Waals surface area contributed by atoms with Crippen LogP contribution in [0.4, 0.5) is 5.69 Å². The molecule has 1 aromatic carbocycles. The van der Waals surface area contributed by atoms with Gasteiger partial charge in [0.2, 0.25) is 0 Å². The van der Waals surface area contributed by atoms with Crippen LogP contribution in [-0.4, -0.2) is 30.8 Å². The van der Waals surface area contributed by atoms with Crippen LogP contribution < -0.4 is 5.73 Å². The van der Waals surface area contributed by atoms with Crippen molar-refractivity contribution in [3.63, 3.8) is 0 Å². The first-order valence-electron chi connectivity index (χ1n) is 5.33. The number of nitrogens with zero attached hydrogens (tertiary/aromatic N) is 1. The minimum Gasteiger partial charge on any atom is -0.399 e. The lowest BCUT2D eigenvalue weighted by Gasteiger charge is -2.15. The monoisotopic (exact) mass is 204 g/mol. The van der Waals surface area contributed by atoms with Gasteiger partial charge in [-0.05, 0) is 36.1 Å². The van der Waals surface area contributed by atoms with E-state index in [9.17, 15) is 4.79 Å². The molecule has 15 heavy (non-hydrogen) atoms. The van der Waals surface area contributed by atoms with Crippen LogP contribution in [0, 0.1) is 0 Å². The molecule has 0 bridgehead atoms. The van der Waals surface area contributed by atoms with Gasteiger partial charge in [-0.15, -0.1) is 0 Å². The van der Waals surface area contributed by atoms with Gasteiger partial charge in [0.25, 0.3) is 0 Å². The van der Waals surface area contributed by atoms with E-state index in [1.165, 1.54) is 11.1 Å². The molecule has 0 radical (unpaired) electrons. The summed E-state index contributed by atoms with van der Waals surface area (Å²) in [4.78, 5) is 12.6. The molecule has 0 unspecified atom stereocenters. The molecule has 0 spiro atoms. The predicted octanol–water partition coefficient (Wildman–Crippen LogP) is 0.868. The first-order valence-corrected chi connectivity index (χ1v) is 5.33. The Morgan fingerprint density at radius 3 is 2.73 bits per heavy atom. The van der Waals surface area contributed by atoms with Crippen molar-refractivity contribution in [2.24, 2.45) is 0 Å². The van der Waals surface area contributed by atoms with E-state index in [1.54, 1.807) is 0 Å². The second kappa shape index (κ2) is 4.45. The van der Waals surface area contributed by atoms with Crippen LogP contribution in [0.15, 0.2) is 18.2 Å². The Morgan fingerprint density at radius 1 is 1.27 bits per heavy atom. The average molecular weight is 204 g/mol. The number of anilines is 1. The van der Waals surface area contributed by atoms with Crippen molar-refractivity contribution in [1.29, 1.82) is 0 Å². The Balaban J connectivity index is 2.14. The number of hydrogen-bond acceptors (Lipinski definition) is 3. The molecule has 0 saturated carbocycles. The molecular formula is C12H16N2O. The van der Waals surface area contributed by atoms with Crippen LogP contribution in [-0.2, 0) is 17.6 Å².